The van der Waals surface area contributed by atoms with Crippen LogP contribution in [0.3, 0.4) is 0 Å². The largest absolute Gasteiger partial charge is 0.339 e. The number of piperidine rings is 1. The first-order valence-corrected chi connectivity index (χ1v) is 14.8. The van der Waals surface area contributed by atoms with Crippen LogP contribution in [0.1, 0.15) is 76.1 Å². The summed E-state index contributed by atoms with van der Waals surface area (Å²) in [6, 6.07) is 19.4. The fourth-order valence-electron chi connectivity index (χ4n) is 5.21. The zero-order valence-corrected chi connectivity index (χ0v) is 25.1. The van der Waals surface area contributed by atoms with E-state index in [1.807, 2.05) is 41.3 Å². The number of likely N-dealkylation sites (tertiary alicyclic amines) is 1. The number of hydrogen-bond acceptors (Lipinski definition) is 4. The van der Waals surface area contributed by atoms with E-state index in [4.69, 9.17) is 0 Å². The number of rotatable bonds is 7. The molecular formula is C33H32BrFN4O3. The van der Waals surface area contributed by atoms with E-state index in [2.05, 4.69) is 46.1 Å². The second-order valence-electron chi connectivity index (χ2n) is 10.9. The van der Waals surface area contributed by atoms with Crippen molar-refractivity contribution in [2.45, 2.75) is 45.1 Å². The Bertz CT molecular complexity index is 1640. The number of nitrogens with one attached hydrogen (secondary N) is 1. The van der Waals surface area contributed by atoms with Crippen LogP contribution in [0.15, 0.2) is 88.4 Å². The molecule has 2 heterocycles. The van der Waals surface area contributed by atoms with E-state index in [0.717, 1.165) is 34.0 Å². The number of carbonyl (C=O) groups excluding carboxylic acids is 2. The molecule has 0 spiro atoms. The van der Waals surface area contributed by atoms with Crippen molar-refractivity contribution in [1.29, 1.82) is 0 Å². The van der Waals surface area contributed by atoms with Gasteiger partial charge in [0.1, 0.15) is 5.82 Å². The minimum Gasteiger partial charge on any atom is -0.339 e. The Balaban J connectivity index is 1.19. The van der Waals surface area contributed by atoms with Crippen LogP contribution in [-0.4, -0.2) is 39.4 Å². The van der Waals surface area contributed by atoms with Crippen molar-refractivity contribution in [3.63, 3.8) is 0 Å². The number of carbonyl (C=O) groups is 2. The molecule has 1 saturated heterocycles. The average molecular weight is 632 g/mol. The molecule has 1 aromatic heterocycles. The molecule has 216 valence electrons. The van der Waals surface area contributed by atoms with E-state index in [0.29, 0.717) is 36.2 Å². The van der Waals surface area contributed by atoms with Crippen LogP contribution in [0, 0.1) is 5.82 Å². The summed E-state index contributed by atoms with van der Waals surface area (Å²) in [5.41, 5.74) is 3.53. The van der Waals surface area contributed by atoms with Crippen LogP contribution in [0.2, 0.25) is 0 Å². The third-order valence-electron chi connectivity index (χ3n) is 7.65. The van der Waals surface area contributed by atoms with Gasteiger partial charge in [0.05, 0.1) is 6.54 Å². The van der Waals surface area contributed by atoms with Gasteiger partial charge in [-0.05, 0) is 83.8 Å². The first kappa shape index (κ1) is 29.4. The van der Waals surface area contributed by atoms with E-state index in [1.54, 1.807) is 12.1 Å². The Morgan fingerprint density at radius 3 is 2.38 bits per heavy atom. The van der Waals surface area contributed by atoms with Gasteiger partial charge in [0.25, 0.3) is 17.4 Å². The van der Waals surface area contributed by atoms with Crippen molar-refractivity contribution in [2.24, 2.45) is 0 Å². The predicted molar refractivity (Wildman–Crippen MR) is 165 cm³/mol. The summed E-state index contributed by atoms with van der Waals surface area (Å²) in [5, 5.41) is 2.76. The van der Waals surface area contributed by atoms with E-state index in [9.17, 15) is 18.8 Å². The molecule has 0 radical (unpaired) electrons. The zero-order chi connectivity index (χ0) is 29.8. The number of nitrogens with zero attached hydrogens (tertiary/aromatic N) is 3. The highest BCUT2D eigenvalue weighted by atomic mass is 79.9. The van der Waals surface area contributed by atoms with Gasteiger partial charge in [0.15, 0.2) is 5.69 Å². The summed E-state index contributed by atoms with van der Waals surface area (Å²) in [7, 11) is 0. The van der Waals surface area contributed by atoms with Crippen molar-refractivity contribution >= 4 is 33.4 Å². The average Bonchev–Trinajstić information content (AvgIpc) is 2.99. The molecule has 3 aromatic carbocycles. The van der Waals surface area contributed by atoms with Crippen LogP contribution in [0.25, 0.3) is 0 Å². The Morgan fingerprint density at radius 1 is 1.02 bits per heavy atom. The molecule has 0 unspecified atom stereocenters. The molecule has 1 N–H and O–H groups in total. The smallest absolute Gasteiger partial charge is 0.282 e. The molecule has 1 aliphatic heterocycles. The highest BCUT2D eigenvalue weighted by Gasteiger charge is 2.25. The first-order chi connectivity index (χ1) is 20.2. The third kappa shape index (κ3) is 6.85. The summed E-state index contributed by atoms with van der Waals surface area (Å²) in [4.78, 5) is 44.9. The van der Waals surface area contributed by atoms with Gasteiger partial charge in [0.2, 0.25) is 0 Å². The van der Waals surface area contributed by atoms with Crippen LogP contribution < -0.4 is 10.9 Å². The SMILES string of the molecule is CC(C)c1cc(Br)cc(C(=O)N2CCC(c3ccc(NC(=O)c4nccn(Cc5ccc(F)cc5)c4=O)cc3)CC2)c1. The van der Waals surface area contributed by atoms with E-state index in [1.165, 1.54) is 29.1 Å². The van der Waals surface area contributed by atoms with Gasteiger partial charge in [-0.15, -0.1) is 0 Å². The molecule has 9 heteroatoms. The lowest BCUT2D eigenvalue weighted by Crippen LogP contribution is -2.38. The minimum atomic E-state index is -0.596. The summed E-state index contributed by atoms with van der Waals surface area (Å²) in [6.07, 6.45) is 4.60. The van der Waals surface area contributed by atoms with Crippen molar-refractivity contribution in [3.8, 4) is 0 Å². The highest BCUT2D eigenvalue weighted by molar-refractivity contribution is 9.10. The number of halogens is 2. The Hall–Kier alpha value is -4.11. The van der Waals surface area contributed by atoms with E-state index in [-0.39, 0.29) is 24.0 Å². The van der Waals surface area contributed by atoms with Crippen LogP contribution >= 0.6 is 15.9 Å². The van der Waals surface area contributed by atoms with Crippen molar-refractivity contribution in [3.05, 3.63) is 128 Å². The summed E-state index contributed by atoms with van der Waals surface area (Å²) >= 11 is 3.54. The maximum atomic E-state index is 13.2. The number of aromatic nitrogens is 2. The normalized spacial score (nSPS) is 13.8. The lowest BCUT2D eigenvalue weighted by Gasteiger charge is -2.32. The van der Waals surface area contributed by atoms with Crippen LogP contribution in [0.5, 0.6) is 0 Å². The minimum absolute atomic E-state index is 0.0564. The quantitative estimate of drug-likeness (QED) is 0.250. The molecule has 7 nitrogen and oxygen atoms in total. The van der Waals surface area contributed by atoms with Gasteiger partial charge in [-0.1, -0.05) is 54.0 Å². The number of amides is 2. The van der Waals surface area contributed by atoms with Crippen molar-refractivity contribution < 1.29 is 14.0 Å². The third-order valence-corrected chi connectivity index (χ3v) is 8.11. The van der Waals surface area contributed by atoms with Crippen LogP contribution in [0.4, 0.5) is 10.1 Å². The maximum Gasteiger partial charge on any atom is 0.282 e. The molecule has 4 aromatic rings. The first-order valence-electron chi connectivity index (χ1n) is 14.0. The van der Waals surface area contributed by atoms with Gasteiger partial charge in [-0.25, -0.2) is 9.37 Å². The second kappa shape index (κ2) is 12.8. The molecule has 0 saturated carbocycles. The standard InChI is InChI=1S/C33H32BrFN4O3/c1-21(2)25-17-26(19-27(34)18-25)32(41)38-14-11-24(12-15-38)23-5-9-29(10-6-23)37-31(40)30-33(42)39(16-13-36-30)20-22-3-7-28(35)8-4-22/h3-10,13,16-19,21,24H,11-12,14-15,20H2,1-2H3,(H,37,40). The van der Waals surface area contributed by atoms with E-state index < -0.39 is 11.5 Å². The fraction of sp³-hybridized carbons (Fsp3) is 0.273. The van der Waals surface area contributed by atoms with Gasteiger partial charge < -0.3 is 14.8 Å². The van der Waals surface area contributed by atoms with Gasteiger partial charge >= 0.3 is 0 Å². The molecule has 5 rings (SSSR count). The van der Waals surface area contributed by atoms with Crippen LogP contribution in [-0.2, 0) is 6.54 Å². The van der Waals surface area contributed by atoms with Gasteiger partial charge in [0, 0.05) is 41.2 Å². The summed E-state index contributed by atoms with van der Waals surface area (Å²) < 4.78 is 15.5. The van der Waals surface area contributed by atoms with Crippen molar-refractivity contribution in [2.75, 3.05) is 18.4 Å². The summed E-state index contributed by atoms with van der Waals surface area (Å²) in [6.45, 7) is 5.78. The Morgan fingerprint density at radius 2 is 1.71 bits per heavy atom. The topological polar surface area (TPSA) is 84.3 Å². The molecule has 0 bridgehead atoms. The van der Waals surface area contributed by atoms with Crippen molar-refractivity contribution in [1.82, 2.24) is 14.5 Å². The second-order valence-corrected chi connectivity index (χ2v) is 11.8. The highest BCUT2D eigenvalue weighted by Crippen LogP contribution is 2.30. The van der Waals surface area contributed by atoms with E-state index >= 15 is 0 Å². The zero-order valence-electron chi connectivity index (χ0n) is 23.5. The summed E-state index contributed by atoms with van der Waals surface area (Å²) in [5.74, 6) is -0.253. The van der Waals surface area contributed by atoms with Gasteiger partial charge in [-0.2, -0.15) is 0 Å². The lowest BCUT2D eigenvalue weighted by molar-refractivity contribution is 0.0712. The molecule has 0 atom stereocenters. The lowest BCUT2D eigenvalue weighted by atomic mass is 9.89. The maximum absolute atomic E-state index is 13.2. The monoisotopic (exact) mass is 630 g/mol. The Kier molecular flexibility index (Phi) is 8.97. The molecule has 0 aliphatic carbocycles. The molecular weight excluding hydrogens is 599 g/mol. The van der Waals surface area contributed by atoms with Gasteiger partial charge in [-0.3, -0.25) is 14.4 Å². The number of benzene rings is 3. The number of hydrogen-bond donors (Lipinski definition) is 1. The Labute approximate surface area is 252 Å². The predicted octanol–water partition coefficient (Wildman–Crippen LogP) is 6.59. The molecule has 2 amide bonds. The fourth-order valence-corrected chi connectivity index (χ4v) is 5.72. The molecule has 1 fully saturated rings. The number of anilines is 1. The molecule has 1 aliphatic rings. The molecule has 42 heavy (non-hydrogen) atoms.